The summed E-state index contributed by atoms with van der Waals surface area (Å²) in [5.74, 6) is 0. The zero-order valence-corrected chi connectivity index (χ0v) is 13.5. The Labute approximate surface area is 138 Å². The summed E-state index contributed by atoms with van der Waals surface area (Å²) >= 11 is 6.35. The Morgan fingerprint density at radius 2 is 2.17 bits per heavy atom. The highest BCUT2D eigenvalue weighted by Gasteiger charge is 2.14. The van der Waals surface area contributed by atoms with E-state index in [0.717, 1.165) is 16.6 Å². The Bertz CT molecular complexity index is 874. The molecule has 0 amide bonds. The van der Waals surface area contributed by atoms with Crippen LogP contribution in [-0.4, -0.2) is 38.1 Å². The first-order chi connectivity index (χ1) is 11.1. The second-order valence-corrected chi connectivity index (χ2v) is 5.63. The van der Waals surface area contributed by atoms with E-state index in [-0.39, 0.29) is 6.61 Å². The minimum Gasteiger partial charge on any atom is -0.392 e. The highest BCUT2D eigenvalue weighted by atomic mass is 35.5. The molecule has 0 saturated heterocycles. The summed E-state index contributed by atoms with van der Waals surface area (Å²) in [7, 11) is 1.83. The summed E-state index contributed by atoms with van der Waals surface area (Å²) in [6, 6.07) is 3.64. The van der Waals surface area contributed by atoms with E-state index >= 15 is 0 Å². The molecule has 6 nitrogen and oxygen atoms in total. The maximum atomic E-state index is 9.66. The normalized spacial score (nSPS) is 11.1. The molecule has 1 N–H and O–H groups in total. The quantitative estimate of drug-likeness (QED) is 0.729. The largest absolute Gasteiger partial charge is 0.392 e. The van der Waals surface area contributed by atoms with Gasteiger partial charge in [-0.05, 0) is 18.9 Å². The monoisotopic (exact) mass is 329 g/mol. The van der Waals surface area contributed by atoms with Crippen molar-refractivity contribution in [1.82, 2.24) is 19.7 Å². The molecule has 0 radical (unpaired) electrons. The first-order valence-corrected chi connectivity index (χ1v) is 7.51. The van der Waals surface area contributed by atoms with E-state index in [1.807, 2.05) is 25.4 Å². The molecule has 0 aliphatic heterocycles. The van der Waals surface area contributed by atoms with Crippen LogP contribution < -0.4 is 0 Å². The topological polar surface area (TPSA) is 76.2 Å². The zero-order valence-electron chi connectivity index (χ0n) is 12.7. The average Bonchev–Trinajstić information content (AvgIpc) is 2.98. The summed E-state index contributed by atoms with van der Waals surface area (Å²) in [6.07, 6.45) is 4.21. The van der Waals surface area contributed by atoms with Gasteiger partial charge in [-0.1, -0.05) is 11.6 Å². The molecular weight excluding hydrogens is 314 g/mol. The average molecular weight is 330 g/mol. The predicted molar refractivity (Wildman–Crippen MR) is 90.8 cm³/mol. The third-order valence-electron chi connectivity index (χ3n) is 3.56. The van der Waals surface area contributed by atoms with Crippen LogP contribution in [0.3, 0.4) is 0 Å². The van der Waals surface area contributed by atoms with Gasteiger partial charge in [0.15, 0.2) is 5.65 Å². The number of aryl methyl sites for hydroxylation is 1. The molecule has 3 rings (SSSR count). The van der Waals surface area contributed by atoms with Crippen LogP contribution in [0.1, 0.15) is 11.3 Å². The lowest BCUT2D eigenvalue weighted by atomic mass is 10.1. The number of aliphatic hydroxyl groups is 1. The van der Waals surface area contributed by atoms with Crippen molar-refractivity contribution in [3.63, 3.8) is 0 Å². The predicted octanol–water partition coefficient (Wildman–Crippen LogP) is 2.42. The highest BCUT2D eigenvalue weighted by molar-refractivity contribution is 6.35. The minimum atomic E-state index is -0.133. The number of aliphatic imine (C=N–C) groups is 1. The van der Waals surface area contributed by atoms with Crippen molar-refractivity contribution in [3.05, 3.63) is 40.8 Å². The van der Waals surface area contributed by atoms with Gasteiger partial charge in [0.25, 0.3) is 0 Å². The van der Waals surface area contributed by atoms with Gasteiger partial charge in [0.05, 0.1) is 23.5 Å². The number of pyridine rings is 2. The molecule has 3 heterocycles. The highest BCUT2D eigenvalue weighted by Crippen LogP contribution is 2.29. The lowest BCUT2D eigenvalue weighted by Gasteiger charge is -2.09. The van der Waals surface area contributed by atoms with Crippen LogP contribution in [0.5, 0.6) is 0 Å². The number of rotatable bonds is 5. The molecule has 0 unspecified atom stereocenters. The van der Waals surface area contributed by atoms with Crippen LogP contribution in [0, 0.1) is 0 Å². The molecule has 0 fully saturated rings. The fourth-order valence-corrected chi connectivity index (χ4v) is 2.70. The number of hydrogen-bond acceptors (Lipinski definition) is 5. The number of nitrogens with zero attached hydrogens (tertiary/aromatic N) is 5. The number of aromatic nitrogens is 4. The smallest absolute Gasteiger partial charge is 0.161 e. The summed E-state index contributed by atoms with van der Waals surface area (Å²) in [5.41, 5.74) is 3.55. The standard InChI is InChI=1S/C16H16ClN5O/c1-18-4-3-12-6-14(17)13-5-10(9-23)15(21-16(13)20-12)11-7-19-22(2)8-11/h5-8,23H,1,3-4,9H2,2H3. The number of aliphatic hydroxyl groups excluding tert-OH is 1. The summed E-state index contributed by atoms with van der Waals surface area (Å²) < 4.78 is 1.69. The minimum absolute atomic E-state index is 0.133. The van der Waals surface area contributed by atoms with Gasteiger partial charge >= 0.3 is 0 Å². The van der Waals surface area contributed by atoms with E-state index in [0.29, 0.717) is 34.9 Å². The molecule has 0 atom stereocenters. The van der Waals surface area contributed by atoms with E-state index < -0.39 is 0 Å². The summed E-state index contributed by atoms with van der Waals surface area (Å²) in [6.45, 7) is 3.92. The third-order valence-corrected chi connectivity index (χ3v) is 3.87. The van der Waals surface area contributed by atoms with Crippen molar-refractivity contribution in [2.75, 3.05) is 6.54 Å². The van der Waals surface area contributed by atoms with Crippen molar-refractivity contribution < 1.29 is 5.11 Å². The van der Waals surface area contributed by atoms with Crippen LogP contribution in [-0.2, 0) is 20.1 Å². The van der Waals surface area contributed by atoms with E-state index in [1.54, 1.807) is 10.9 Å². The second-order valence-electron chi connectivity index (χ2n) is 5.22. The molecular formula is C16H16ClN5O. The Hall–Kier alpha value is -2.31. The fraction of sp³-hybridized carbons (Fsp3) is 0.250. The first kappa shape index (κ1) is 15.6. The Kier molecular flexibility index (Phi) is 4.36. The molecule has 23 heavy (non-hydrogen) atoms. The van der Waals surface area contributed by atoms with Gasteiger partial charge in [-0.3, -0.25) is 4.68 Å². The molecule has 7 heteroatoms. The fourth-order valence-electron chi connectivity index (χ4n) is 2.43. The molecule has 3 aromatic heterocycles. The van der Waals surface area contributed by atoms with Crippen LogP contribution in [0.25, 0.3) is 22.3 Å². The van der Waals surface area contributed by atoms with Crippen molar-refractivity contribution in [2.45, 2.75) is 13.0 Å². The summed E-state index contributed by atoms with van der Waals surface area (Å²) in [4.78, 5) is 13.0. The van der Waals surface area contributed by atoms with Gasteiger partial charge < -0.3 is 10.1 Å². The number of fused-ring (bicyclic) bond motifs is 1. The van der Waals surface area contributed by atoms with Gasteiger partial charge in [0.2, 0.25) is 0 Å². The number of halogens is 1. The molecule has 0 saturated carbocycles. The maximum absolute atomic E-state index is 9.66. The van der Waals surface area contributed by atoms with Gasteiger partial charge in [-0.15, -0.1) is 0 Å². The van der Waals surface area contributed by atoms with Crippen LogP contribution in [0.15, 0.2) is 29.5 Å². The zero-order chi connectivity index (χ0) is 16.4. The first-order valence-electron chi connectivity index (χ1n) is 7.13. The Morgan fingerprint density at radius 1 is 1.35 bits per heavy atom. The van der Waals surface area contributed by atoms with Crippen molar-refractivity contribution >= 4 is 29.4 Å². The van der Waals surface area contributed by atoms with E-state index in [4.69, 9.17) is 11.6 Å². The third kappa shape index (κ3) is 3.09. The summed E-state index contributed by atoms with van der Waals surface area (Å²) in [5, 5.41) is 15.1. The molecule has 0 aliphatic carbocycles. The lowest BCUT2D eigenvalue weighted by Crippen LogP contribution is -2.00. The van der Waals surface area contributed by atoms with Crippen molar-refractivity contribution in [3.8, 4) is 11.3 Å². The molecule has 118 valence electrons. The van der Waals surface area contributed by atoms with Crippen molar-refractivity contribution in [1.29, 1.82) is 0 Å². The maximum Gasteiger partial charge on any atom is 0.161 e. The van der Waals surface area contributed by atoms with Gasteiger partial charge in [-0.25, -0.2) is 9.97 Å². The van der Waals surface area contributed by atoms with Gasteiger partial charge in [0.1, 0.15) is 0 Å². The van der Waals surface area contributed by atoms with Crippen molar-refractivity contribution in [2.24, 2.45) is 12.0 Å². The lowest BCUT2D eigenvalue weighted by molar-refractivity contribution is 0.282. The number of hydrogen-bond donors (Lipinski definition) is 1. The van der Waals surface area contributed by atoms with E-state index in [2.05, 4.69) is 26.8 Å². The molecule has 0 bridgehead atoms. The molecule has 0 aromatic carbocycles. The molecule has 0 spiro atoms. The van der Waals surface area contributed by atoms with Gasteiger partial charge in [0, 0.05) is 48.4 Å². The van der Waals surface area contributed by atoms with Crippen LogP contribution in [0.2, 0.25) is 5.02 Å². The second kappa shape index (κ2) is 6.44. The van der Waals surface area contributed by atoms with E-state index in [1.165, 1.54) is 0 Å². The van der Waals surface area contributed by atoms with Gasteiger partial charge in [-0.2, -0.15) is 5.10 Å². The molecule has 3 aromatic rings. The Morgan fingerprint density at radius 3 is 2.83 bits per heavy atom. The Balaban J connectivity index is 2.18. The van der Waals surface area contributed by atoms with E-state index in [9.17, 15) is 5.11 Å². The van der Waals surface area contributed by atoms with Crippen LogP contribution in [0.4, 0.5) is 0 Å². The van der Waals surface area contributed by atoms with Crippen LogP contribution >= 0.6 is 11.6 Å². The SMILES string of the molecule is C=NCCc1cc(Cl)c2cc(CO)c(-c3cnn(C)c3)nc2n1. The molecule has 0 aliphatic rings.